The van der Waals surface area contributed by atoms with E-state index in [-0.39, 0.29) is 36.9 Å². The number of carbonyl (C=O) groups is 1. The summed E-state index contributed by atoms with van der Waals surface area (Å²) in [5.41, 5.74) is 6.89. The number of benzene rings is 3. The van der Waals surface area contributed by atoms with Crippen LogP contribution in [0.4, 0.5) is 0 Å². The van der Waals surface area contributed by atoms with Gasteiger partial charge in [-0.1, -0.05) is 29.5 Å². The first-order valence-electron chi connectivity index (χ1n) is 16.7. The highest BCUT2D eigenvalue weighted by Crippen LogP contribution is 2.41. The second-order valence-corrected chi connectivity index (χ2v) is 14.8. The Kier molecular flexibility index (Phi) is 8.67. The Bertz CT molecular complexity index is 1970. The van der Waals surface area contributed by atoms with Gasteiger partial charge in [-0.05, 0) is 104 Å². The standard InChI is InChI=1S/C36H42N4O7S/c1-5-45-34(41)20-31-26-7-6-23(2)30(19-26)25(4)40-21-27-18-28(8-11-33(27)47-48(40,42)43)46-17-14-36(12-15-44-16-13-36)22-39-32-10-9-29(31)24(3)35(32)37-38-39/h6-11,18-19,25,31H,5,12-17,20-22H2,1-4H3/t25-,31?/m1/s1. The Morgan fingerprint density at radius 3 is 2.60 bits per heavy atom. The van der Waals surface area contributed by atoms with E-state index in [1.54, 1.807) is 19.1 Å². The molecule has 4 aliphatic heterocycles. The summed E-state index contributed by atoms with van der Waals surface area (Å²) < 4.78 is 53.6. The van der Waals surface area contributed by atoms with E-state index >= 15 is 0 Å². The van der Waals surface area contributed by atoms with E-state index in [1.807, 2.05) is 49.7 Å². The number of ether oxygens (including phenoxy) is 3. The van der Waals surface area contributed by atoms with E-state index in [9.17, 15) is 13.2 Å². The van der Waals surface area contributed by atoms with Crippen LogP contribution in [0.15, 0.2) is 48.5 Å². The molecule has 0 amide bonds. The topological polar surface area (TPSA) is 122 Å². The lowest BCUT2D eigenvalue weighted by atomic mass is 9.77. The third kappa shape index (κ3) is 6.05. The van der Waals surface area contributed by atoms with Gasteiger partial charge < -0.3 is 18.4 Å². The van der Waals surface area contributed by atoms with Crippen LogP contribution in [0, 0.1) is 19.3 Å². The van der Waals surface area contributed by atoms with Crippen molar-refractivity contribution in [2.24, 2.45) is 5.41 Å². The zero-order valence-corrected chi connectivity index (χ0v) is 28.7. The van der Waals surface area contributed by atoms with Gasteiger partial charge in [-0.25, -0.2) is 4.68 Å². The fraction of sp³-hybridized carbons (Fsp3) is 0.472. The van der Waals surface area contributed by atoms with Crippen LogP contribution in [0.2, 0.25) is 0 Å². The molecule has 1 spiro atoms. The van der Waals surface area contributed by atoms with E-state index in [1.165, 1.54) is 4.31 Å². The molecular formula is C36H42N4O7S. The molecule has 0 saturated carbocycles. The lowest BCUT2D eigenvalue weighted by Crippen LogP contribution is -2.39. The minimum Gasteiger partial charge on any atom is -0.494 e. The third-order valence-corrected chi connectivity index (χ3v) is 11.8. The van der Waals surface area contributed by atoms with Crippen molar-refractivity contribution >= 4 is 27.3 Å². The van der Waals surface area contributed by atoms with E-state index in [0.29, 0.717) is 37.9 Å². The lowest BCUT2D eigenvalue weighted by Gasteiger charge is -2.37. The van der Waals surface area contributed by atoms with Crippen molar-refractivity contribution in [1.29, 1.82) is 0 Å². The molecule has 4 aromatic rings. The molecule has 48 heavy (non-hydrogen) atoms. The van der Waals surface area contributed by atoms with E-state index in [0.717, 1.165) is 63.7 Å². The molecule has 3 aromatic carbocycles. The monoisotopic (exact) mass is 674 g/mol. The minimum atomic E-state index is -4.09. The van der Waals surface area contributed by atoms with Crippen LogP contribution < -0.4 is 8.92 Å². The highest BCUT2D eigenvalue weighted by Gasteiger charge is 2.38. The summed E-state index contributed by atoms with van der Waals surface area (Å²) in [5.74, 6) is 0.309. The second-order valence-electron chi connectivity index (χ2n) is 13.3. The zero-order valence-electron chi connectivity index (χ0n) is 27.9. The fourth-order valence-corrected chi connectivity index (χ4v) is 8.82. The molecule has 1 fully saturated rings. The Morgan fingerprint density at radius 2 is 1.81 bits per heavy atom. The van der Waals surface area contributed by atoms with Crippen molar-refractivity contribution < 1.29 is 31.6 Å². The molecule has 8 rings (SSSR count). The smallest absolute Gasteiger partial charge is 0.386 e. The summed E-state index contributed by atoms with van der Waals surface area (Å²) in [5, 5.41) is 9.31. The maximum atomic E-state index is 13.5. The molecule has 1 saturated heterocycles. The third-order valence-electron chi connectivity index (χ3n) is 10.4. The van der Waals surface area contributed by atoms with Gasteiger partial charge in [0, 0.05) is 37.8 Å². The SMILES string of the molecule is CCOC(=O)CC1c2ccc(C)c(c2)[C@@H](C)N2Cc3cc(ccc3OS2(=O)=O)OCCC2(CCOCC2)Cn2nnc3c(C)c1ccc32. The number of esters is 1. The highest BCUT2D eigenvalue weighted by atomic mass is 32.2. The van der Waals surface area contributed by atoms with Crippen LogP contribution in [0.3, 0.4) is 0 Å². The summed E-state index contributed by atoms with van der Waals surface area (Å²) in [6.45, 7) is 10.6. The highest BCUT2D eigenvalue weighted by molar-refractivity contribution is 7.84. The van der Waals surface area contributed by atoms with Crippen LogP contribution in [-0.4, -0.2) is 60.1 Å². The summed E-state index contributed by atoms with van der Waals surface area (Å²) in [4.78, 5) is 13.1. The van der Waals surface area contributed by atoms with Crippen LogP contribution in [0.25, 0.3) is 11.0 Å². The maximum Gasteiger partial charge on any atom is 0.386 e. The molecule has 3 atom stereocenters. The van der Waals surface area contributed by atoms with Gasteiger partial charge in [-0.2, -0.15) is 12.7 Å². The Labute approximate surface area is 281 Å². The van der Waals surface area contributed by atoms with E-state index in [4.69, 9.17) is 18.4 Å². The fourth-order valence-electron chi connectivity index (χ4n) is 7.54. The van der Waals surface area contributed by atoms with Gasteiger partial charge in [-0.3, -0.25) is 4.79 Å². The maximum absolute atomic E-state index is 13.5. The van der Waals surface area contributed by atoms with Crippen molar-refractivity contribution in [1.82, 2.24) is 19.3 Å². The van der Waals surface area contributed by atoms with Crippen molar-refractivity contribution in [3.8, 4) is 11.5 Å². The van der Waals surface area contributed by atoms with Crippen molar-refractivity contribution in [2.75, 3.05) is 26.4 Å². The van der Waals surface area contributed by atoms with Crippen molar-refractivity contribution in [3.63, 3.8) is 0 Å². The summed E-state index contributed by atoms with van der Waals surface area (Å²) in [6.07, 6.45) is 2.65. The van der Waals surface area contributed by atoms with Crippen molar-refractivity contribution in [3.05, 3.63) is 81.9 Å². The van der Waals surface area contributed by atoms with E-state index < -0.39 is 16.3 Å². The molecule has 4 aliphatic rings. The predicted molar refractivity (Wildman–Crippen MR) is 179 cm³/mol. The molecule has 254 valence electrons. The lowest BCUT2D eigenvalue weighted by molar-refractivity contribution is -0.143. The first-order chi connectivity index (χ1) is 23.1. The van der Waals surface area contributed by atoms with Gasteiger partial charge in [0.1, 0.15) is 17.0 Å². The van der Waals surface area contributed by atoms with Gasteiger partial charge in [0.05, 0.1) is 31.2 Å². The van der Waals surface area contributed by atoms with Gasteiger partial charge in [-0.15, -0.1) is 5.10 Å². The predicted octanol–water partition coefficient (Wildman–Crippen LogP) is 5.91. The molecule has 0 aliphatic carbocycles. The van der Waals surface area contributed by atoms with Crippen LogP contribution in [0.1, 0.15) is 84.9 Å². The molecule has 0 radical (unpaired) electrons. The van der Waals surface area contributed by atoms with E-state index in [2.05, 4.69) is 22.4 Å². The number of hydrogen-bond acceptors (Lipinski definition) is 9. The Hall–Kier alpha value is -4.00. The molecular weight excluding hydrogens is 632 g/mol. The van der Waals surface area contributed by atoms with Gasteiger partial charge in [0.25, 0.3) is 0 Å². The summed E-state index contributed by atoms with van der Waals surface area (Å²) in [6, 6.07) is 14.9. The molecule has 5 heterocycles. The molecule has 0 N–H and O–H groups in total. The van der Waals surface area contributed by atoms with Gasteiger partial charge in [0.15, 0.2) is 0 Å². The number of hydrogen-bond donors (Lipinski definition) is 0. The molecule has 12 heteroatoms. The minimum absolute atomic E-state index is 0.103. The normalized spacial score (nSPS) is 23.1. The second kappa shape index (κ2) is 12.8. The zero-order chi connectivity index (χ0) is 33.6. The first kappa shape index (κ1) is 32.5. The number of nitrogens with zero attached hydrogens (tertiary/aromatic N) is 4. The van der Waals surface area contributed by atoms with Gasteiger partial charge in [0.2, 0.25) is 0 Å². The number of aryl methyl sites for hydroxylation is 2. The van der Waals surface area contributed by atoms with Crippen molar-refractivity contribution in [2.45, 2.75) is 78.4 Å². The van der Waals surface area contributed by atoms with Gasteiger partial charge >= 0.3 is 16.3 Å². The number of fused-ring (bicyclic) bond motifs is 3. The van der Waals surface area contributed by atoms with Crippen LogP contribution >= 0.6 is 0 Å². The Morgan fingerprint density at radius 1 is 1.02 bits per heavy atom. The number of carbonyl (C=O) groups excluding carboxylic acids is 1. The number of aromatic nitrogens is 3. The molecule has 1 aromatic heterocycles. The average molecular weight is 675 g/mol. The van der Waals surface area contributed by atoms with Crippen LogP contribution in [0.5, 0.6) is 11.5 Å². The molecule has 11 nitrogen and oxygen atoms in total. The number of rotatable bonds is 3. The molecule has 9 bridgehead atoms. The average Bonchev–Trinajstić information content (AvgIpc) is 3.46. The summed E-state index contributed by atoms with van der Waals surface area (Å²) >= 11 is 0. The van der Waals surface area contributed by atoms with Crippen LogP contribution in [-0.2, 0) is 37.7 Å². The largest absolute Gasteiger partial charge is 0.494 e. The first-order valence-corrected chi connectivity index (χ1v) is 18.1. The molecule has 2 unspecified atom stereocenters. The quantitative estimate of drug-likeness (QED) is 0.244. The summed E-state index contributed by atoms with van der Waals surface area (Å²) in [7, 11) is -4.09. The Balaban J connectivity index is 1.39.